The molecule has 76 valence electrons. The normalized spacial score (nSPS) is 15.8. The van der Waals surface area contributed by atoms with Gasteiger partial charge in [-0.3, -0.25) is 9.78 Å². The number of aromatic amines is 1. The number of rotatable bonds is 1. The second-order valence-electron chi connectivity index (χ2n) is 3.91. The van der Waals surface area contributed by atoms with Gasteiger partial charge in [-0.2, -0.15) is 0 Å². The van der Waals surface area contributed by atoms with Crippen LogP contribution < -0.4 is 5.56 Å². The Kier molecular flexibility index (Phi) is 1.92. The topological polar surface area (TPSA) is 45.8 Å². The zero-order valence-electron chi connectivity index (χ0n) is 7.96. The average Bonchev–Trinajstić information content (AvgIpc) is 3.00. The van der Waals surface area contributed by atoms with Gasteiger partial charge >= 0.3 is 0 Å². The van der Waals surface area contributed by atoms with Gasteiger partial charge in [-0.25, -0.2) is 0 Å². The van der Waals surface area contributed by atoms with Gasteiger partial charge in [0.2, 0.25) is 0 Å². The SMILES string of the molecule is O=c1[nH]c2cc(Br)cnc2cc1C1CC1. The van der Waals surface area contributed by atoms with E-state index in [1.807, 2.05) is 12.1 Å². The van der Waals surface area contributed by atoms with Crippen LogP contribution in [0.1, 0.15) is 24.3 Å². The summed E-state index contributed by atoms with van der Waals surface area (Å²) in [6, 6.07) is 3.79. The van der Waals surface area contributed by atoms with Crippen LogP contribution in [-0.4, -0.2) is 9.97 Å². The lowest BCUT2D eigenvalue weighted by Gasteiger charge is -2.01. The first kappa shape index (κ1) is 9.09. The minimum atomic E-state index is 0.0323. The molecule has 0 bridgehead atoms. The van der Waals surface area contributed by atoms with E-state index >= 15 is 0 Å². The van der Waals surface area contributed by atoms with Gasteiger partial charge in [-0.1, -0.05) is 0 Å². The van der Waals surface area contributed by atoms with Crippen molar-refractivity contribution < 1.29 is 0 Å². The van der Waals surface area contributed by atoms with E-state index in [9.17, 15) is 4.79 Å². The van der Waals surface area contributed by atoms with Gasteiger partial charge < -0.3 is 4.98 Å². The third kappa shape index (κ3) is 1.59. The maximum atomic E-state index is 11.7. The Morgan fingerprint density at radius 1 is 1.40 bits per heavy atom. The molecule has 1 N–H and O–H groups in total. The van der Waals surface area contributed by atoms with Crippen molar-refractivity contribution in [3.8, 4) is 0 Å². The quantitative estimate of drug-likeness (QED) is 0.861. The third-order valence-electron chi connectivity index (χ3n) is 2.70. The van der Waals surface area contributed by atoms with Crippen LogP contribution in [0.4, 0.5) is 0 Å². The molecule has 0 aliphatic heterocycles. The average molecular weight is 265 g/mol. The van der Waals surface area contributed by atoms with E-state index in [1.165, 1.54) is 0 Å². The molecule has 1 fully saturated rings. The van der Waals surface area contributed by atoms with Gasteiger partial charge in [0.05, 0.1) is 11.0 Å². The molecule has 15 heavy (non-hydrogen) atoms. The molecule has 0 saturated heterocycles. The number of H-pyrrole nitrogens is 1. The summed E-state index contributed by atoms with van der Waals surface area (Å²) in [5, 5.41) is 0. The lowest BCUT2D eigenvalue weighted by Crippen LogP contribution is -2.11. The summed E-state index contributed by atoms with van der Waals surface area (Å²) in [6.45, 7) is 0. The largest absolute Gasteiger partial charge is 0.320 e. The fourth-order valence-corrected chi connectivity index (χ4v) is 2.10. The number of pyridine rings is 2. The van der Waals surface area contributed by atoms with E-state index in [1.54, 1.807) is 6.20 Å². The molecule has 0 atom stereocenters. The Bertz CT molecular complexity index is 587. The predicted octanol–water partition coefficient (Wildman–Crippen LogP) is 2.56. The minimum Gasteiger partial charge on any atom is -0.320 e. The molecule has 0 aromatic carbocycles. The Balaban J connectivity index is 2.29. The number of aromatic nitrogens is 2. The fraction of sp³-hybridized carbons (Fsp3) is 0.273. The highest BCUT2D eigenvalue weighted by Gasteiger charge is 2.26. The number of hydrogen-bond acceptors (Lipinski definition) is 2. The predicted molar refractivity (Wildman–Crippen MR) is 62.0 cm³/mol. The van der Waals surface area contributed by atoms with Crippen LogP contribution in [0.5, 0.6) is 0 Å². The summed E-state index contributed by atoms with van der Waals surface area (Å²) in [4.78, 5) is 18.9. The Morgan fingerprint density at radius 3 is 2.93 bits per heavy atom. The van der Waals surface area contributed by atoms with E-state index in [2.05, 4.69) is 25.9 Å². The van der Waals surface area contributed by atoms with Gasteiger partial charge in [0.1, 0.15) is 0 Å². The molecule has 3 nitrogen and oxygen atoms in total. The lowest BCUT2D eigenvalue weighted by molar-refractivity contribution is 1.06. The summed E-state index contributed by atoms with van der Waals surface area (Å²) in [5.74, 6) is 0.462. The minimum absolute atomic E-state index is 0.0323. The van der Waals surface area contributed by atoms with Crippen LogP contribution in [0.2, 0.25) is 0 Å². The summed E-state index contributed by atoms with van der Waals surface area (Å²) in [6.07, 6.45) is 4.01. The van der Waals surface area contributed by atoms with E-state index in [0.29, 0.717) is 5.92 Å². The fourth-order valence-electron chi connectivity index (χ4n) is 1.77. The highest BCUT2D eigenvalue weighted by atomic mass is 79.9. The van der Waals surface area contributed by atoms with E-state index in [-0.39, 0.29) is 5.56 Å². The molecule has 1 aliphatic rings. The number of nitrogens with one attached hydrogen (secondary N) is 1. The van der Waals surface area contributed by atoms with E-state index < -0.39 is 0 Å². The first-order valence-corrected chi connectivity index (χ1v) is 5.72. The maximum Gasteiger partial charge on any atom is 0.252 e. The molecule has 0 radical (unpaired) electrons. The number of nitrogens with zero attached hydrogens (tertiary/aromatic N) is 1. The summed E-state index contributed by atoms with van der Waals surface area (Å²) in [5.41, 5.74) is 2.57. The van der Waals surface area contributed by atoms with Gasteiger partial charge in [0.25, 0.3) is 5.56 Å². The van der Waals surface area contributed by atoms with Crippen molar-refractivity contribution in [2.45, 2.75) is 18.8 Å². The lowest BCUT2D eigenvalue weighted by atomic mass is 10.1. The van der Waals surface area contributed by atoms with Crippen LogP contribution in [-0.2, 0) is 0 Å². The zero-order valence-corrected chi connectivity index (χ0v) is 9.54. The second-order valence-corrected chi connectivity index (χ2v) is 4.83. The van der Waals surface area contributed by atoms with Crippen molar-refractivity contribution in [3.63, 3.8) is 0 Å². The smallest absolute Gasteiger partial charge is 0.252 e. The van der Waals surface area contributed by atoms with Crippen molar-refractivity contribution in [3.05, 3.63) is 38.7 Å². The van der Waals surface area contributed by atoms with Crippen LogP contribution in [0.3, 0.4) is 0 Å². The van der Waals surface area contributed by atoms with E-state index in [0.717, 1.165) is 33.9 Å². The highest BCUT2D eigenvalue weighted by Crippen LogP contribution is 2.38. The van der Waals surface area contributed by atoms with Crippen LogP contribution in [0, 0.1) is 0 Å². The third-order valence-corrected chi connectivity index (χ3v) is 3.14. The monoisotopic (exact) mass is 264 g/mol. The first-order valence-electron chi connectivity index (χ1n) is 4.92. The molecule has 4 heteroatoms. The van der Waals surface area contributed by atoms with Gasteiger partial charge in [0, 0.05) is 16.2 Å². The number of fused-ring (bicyclic) bond motifs is 1. The Hall–Kier alpha value is -1.16. The summed E-state index contributed by atoms with van der Waals surface area (Å²) in [7, 11) is 0. The highest BCUT2D eigenvalue weighted by molar-refractivity contribution is 9.10. The molecule has 1 aliphatic carbocycles. The zero-order chi connectivity index (χ0) is 10.4. The standard InChI is InChI=1S/C11H9BrN2O/c12-7-3-10-9(13-5-7)4-8(6-1-2-6)11(15)14-10/h3-6H,1-2H2,(H,14,15). The first-order chi connectivity index (χ1) is 7.24. The Labute approximate surface area is 94.7 Å². The molecule has 3 rings (SSSR count). The number of hydrogen-bond donors (Lipinski definition) is 1. The summed E-state index contributed by atoms with van der Waals surface area (Å²) >= 11 is 3.33. The van der Waals surface area contributed by atoms with Gasteiger partial charge in [-0.05, 0) is 46.8 Å². The van der Waals surface area contributed by atoms with Crippen LogP contribution >= 0.6 is 15.9 Å². The number of halogens is 1. The van der Waals surface area contributed by atoms with Crippen LogP contribution in [0.25, 0.3) is 11.0 Å². The molecule has 2 aromatic rings. The van der Waals surface area contributed by atoms with Gasteiger partial charge in [-0.15, -0.1) is 0 Å². The molecular formula is C11H9BrN2O. The van der Waals surface area contributed by atoms with Gasteiger partial charge in [0.15, 0.2) is 0 Å². The Morgan fingerprint density at radius 2 is 2.20 bits per heavy atom. The molecule has 2 heterocycles. The van der Waals surface area contributed by atoms with E-state index in [4.69, 9.17) is 0 Å². The molecular weight excluding hydrogens is 256 g/mol. The van der Waals surface area contributed by atoms with Crippen molar-refractivity contribution in [2.24, 2.45) is 0 Å². The molecule has 1 saturated carbocycles. The molecule has 0 amide bonds. The van der Waals surface area contributed by atoms with Crippen LogP contribution in [0.15, 0.2) is 27.6 Å². The summed E-state index contributed by atoms with van der Waals surface area (Å²) < 4.78 is 0.879. The van der Waals surface area contributed by atoms with Crippen molar-refractivity contribution in [1.82, 2.24) is 9.97 Å². The van der Waals surface area contributed by atoms with Crippen molar-refractivity contribution in [2.75, 3.05) is 0 Å². The maximum absolute atomic E-state index is 11.7. The van der Waals surface area contributed by atoms with Crippen molar-refractivity contribution >= 4 is 27.0 Å². The second kappa shape index (κ2) is 3.17. The molecule has 0 unspecified atom stereocenters. The van der Waals surface area contributed by atoms with Crippen molar-refractivity contribution in [1.29, 1.82) is 0 Å². The molecule has 0 spiro atoms. The molecule has 2 aromatic heterocycles.